The van der Waals surface area contributed by atoms with Crippen LogP contribution in [0.25, 0.3) is 0 Å². The lowest BCUT2D eigenvalue weighted by molar-refractivity contribution is -0.0109. The average Bonchev–Trinajstić information content (AvgIpc) is 2.55. The summed E-state index contributed by atoms with van der Waals surface area (Å²) in [6.07, 6.45) is 3.44. The van der Waals surface area contributed by atoms with Gasteiger partial charge < -0.3 is 24.8 Å². The third-order valence-electron chi connectivity index (χ3n) is 3.63. The van der Waals surface area contributed by atoms with Crippen LogP contribution in [0.2, 0.25) is 0 Å². The predicted octanol–water partition coefficient (Wildman–Crippen LogP) is 2.79. The first kappa shape index (κ1) is 17.6. The van der Waals surface area contributed by atoms with Crippen molar-refractivity contribution >= 4 is 11.7 Å². The molecule has 2 amide bonds. The summed E-state index contributed by atoms with van der Waals surface area (Å²) in [7, 11) is 1.60. The molecule has 1 saturated heterocycles. The highest BCUT2D eigenvalue weighted by molar-refractivity contribution is 5.91. The van der Waals surface area contributed by atoms with Gasteiger partial charge in [-0.15, -0.1) is 0 Å². The largest absolute Gasteiger partial charge is 0.489 e. The highest BCUT2D eigenvalue weighted by Gasteiger charge is 2.16. The van der Waals surface area contributed by atoms with E-state index in [9.17, 15) is 4.79 Å². The number of benzene rings is 1. The molecule has 0 saturated carbocycles. The standard InChI is InChI=1S/C17H26N2O4/c1-13(11-21-2)18-17(20)19-15-8-3-4-9-16(15)23-12-14-7-5-6-10-22-14/h3-4,8-9,13-14H,5-7,10-12H2,1-2H3,(H2,18,19,20). The van der Waals surface area contributed by atoms with E-state index in [-0.39, 0.29) is 18.2 Å². The molecule has 0 spiro atoms. The van der Waals surface area contributed by atoms with Gasteiger partial charge in [-0.05, 0) is 38.3 Å². The summed E-state index contributed by atoms with van der Waals surface area (Å²) in [4.78, 5) is 12.0. The molecule has 0 radical (unpaired) electrons. The lowest BCUT2D eigenvalue weighted by atomic mass is 10.1. The summed E-state index contributed by atoms with van der Waals surface area (Å²) in [5, 5.41) is 5.62. The molecular weight excluding hydrogens is 296 g/mol. The van der Waals surface area contributed by atoms with Crippen molar-refractivity contribution in [2.45, 2.75) is 38.3 Å². The van der Waals surface area contributed by atoms with Crippen molar-refractivity contribution in [3.63, 3.8) is 0 Å². The molecule has 128 valence electrons. The van der Waals surface area contributed by atoms with Crippen LogP contribution in [0, 0.1) is 0 Å². The number of carbonyl (C=O) groups is 1. The van der Waals surface area contributed by atoms with Crippen molar-refractivity contribution in [2.24, 2.45) is 0 Å². The van der Waals surface area contributed by atoms with Crippen LogP contribution in [0.15, 0.2) is 24.3 Å². The lowest BCUT2D eigenvalue weighted by Gasteiger charge is -2.23. The zero-order chi connectivity index (χ0) is 16.5. The van der Waals surface area contributed by atoms with Gasteiger partial charge in [-0.1, -0.05) is 12.1 Å². The van der Waals surface area contributed by atoms with Crippen LogP contribution in [0.5, 0.6) is 5.75 Å². The fourth-order valence-electron chi connectivity index (χ4n) is 2.49. The van der Waals surface area contributed by atoms with Gasteiger partial charge in [0.25, 0.3) is 0 Å². The second-order valence-corrected chi connectivity index (χ2v) is 5.75. The van der Waals surface area contributed by atoms with E-state index in [0.29, 0.717) is 24.7 Å². The molecule has 1 fully saturated rings. The zero-order valence-electron chi connectivity index (χ0n) is 13.8. The number of carbonyl (C=O) groups excluding carboxylic acids is 1. The first-order chi connectivity index (χ1) is 11.2. The van der Waals surface area contributed by atoms with Gasteiger partial charge >= 0.3 is 6.03 Å². The smallest absolute Gasteiger partial charge is 0.319 e. The maximum Gasteiger partial charge on any atom is 0.319 e. The van der Waals surface area contributed by atoms with Crippen molar-refractivity contribution in [1.82, 2.24) is 5.32 Å². The first-order valence-electron chi connectivity index (χ1n) is 8.09. The fourth-order valence-corrected chi connectivity index (χ4v) is 2.49. The molecule has 6 heteroatoms. The van der Waals surface area contributed by atoms with E-state index in [2.05, 4.69) is 10.6 Å². The van der Waals surface area contributed by atoms with E-state index >= 15 is 0 Å². The number of nitrogens with one attached hydrogen (secondary N) is 2. The topological polar surface area (TPSA) is 68.8 Å². The number of rotatable bonds is 7. The van der Waals surface area contributed by atoms with Crippen molar-refractivity contribution in [3.05, 3.63) is 24.3 Å². The molecule has 6 nitrogen and oxygen atoms in total. The predicted molar refractivity (Wildman–Crippen MR) is 89.0 cm³/mol. The third-order valence-corrected chi connectivity index (χ3v) is 3.63. The molecule has 1 heterocycles. The minimum Gasteiger partial charge on any atom is -0.489 e. The van der Waals surface area contributed by atoms with Crippen molar-refractivity contribution in [3.8, 4) is 5.75 Å². The Labute approximate surface area is 137 Å². The van der Waals surface area contributed by atoms with Gasteiger partial charge in [-0.3, -0.25) is 0 Å². The highest BCUT2D eigenvalue weighted by Crippen LogP contribution is 2.25. The van der Waals surface area contributed by atoms with Crippen LogP contribution in [0.1, 0.15) is 26.2 Å². The summed E-state index contributed by atoms with van der Waals surface area (Å²) in [6.45, 7) is 3.64. The van der Waals surface area contributed by atoms with Gasteiger partial charge in [-0.2, -0.15) is 0 Å². The van der Waals surface area contributed by atoms with E-state index in [1.54, 1.807) is 7.11 Å². The Kier molecular flexibility index (Phi) is 7.16. The van der Waals surface area contributed by atoms with E-state index in [4.69, 9.17) is 14.2 Å². The summed E-state index contributed by atoms with van der Waals surface area (Å²) in [5.74, 6) is 0.649. The molecule has 1 aliphatic heterocycles. The Morgan fingerprint density at radius 1 is 1.39 bits per heavy atom. The van der Waals surface area contributed by atoms with Crippen LogP contribution in [0.3, 0.4) is 0 Å². The second kappa shape index (κ2) is 9.37. The van der Waals surface area contributed by atoms with Crippen LogP contribution in [-0.4, -0.2) is 45.1 Å². The summed E-state index contributed by atoms with van der Waals surface area (Å²) >= 11 is 0. The van der Waals surface area contributed by atoms with Gasteiger partial charge in [0, 0.05) is 13.7 Å². The molecule has 2 N–H and O–H groups in total. The summed E-state index contributed by atoms with van der Waals surface area (Å²) in [6, 6.07) is 7.06. The monoisotopic (exact) mass is 322 g/mol. The van der Waals surface area contributed by atoms with Crippen LogP contribution in [0.4, 0.5) is 10.5 Å². The van der Waals surface area contributed by atoms with Crippen LogP contribution >= 0.6 is 0 Å². The van der Waals surface area contributed by atoms with Crippen LogP contribution in [-0.2, 0) is 9.47 Å². The minimum absolute atomic E-state index is 0.0660. The van der Waals surface area contributed by atoms with Gasteiger partial charge in [0.05, 0.1) is 24.4 Å². The van der Waals surface area contributed by atoms with Crippen molar-refractivity contribution in [2.75, 3.05) is 32.2 Å². The average molecular weight is 322 g/mol. The van der Waals surface area contributed by atoms with E-state index in [0.717, 1.165) is 19.4 Å². The maximum atomic E-state index is 12.0. The third kappa shape index (κ3) is 6.08. The number of urea groups is 1. The lowest BCUT2D eigenvalue weighted by Crippen LogP contribution is -2.38. The minimum atomic E-state index is -0.278. The molecule has 0 aromatic heterocycles. The van der Waals surface area contributed by atoms with Crippen molar-refractivity contribution < 1.29 is 19.0 Å². The summed E-state index contributed by atoms with van der Waals surface area (Å²) in [5.41, 5.74) is 0.644. The van der Waals surface area contributed by atoms with E-state index in [1.165, 1.54) is 6.42 Å². The zero-order valence-corrected chi connectivity index (χ0v) is 13.8. The number of amides is 2. The van der Waals surface area contributed by atoms with E-state index < -0.39 is 0 Å². The molecule has 0 aliphatic carbocycles. The Balaban J connectivity index is 1.87. The molecule has 1 aromatic rings. The van der Waals surface area contributed by atoms with Gasteiger partial charge in [0.1, 0.15) is 12.4 Å². The fraction of sp³-hybridized carbons (Fsp3) is 0.588. The molecule has 0 bridgehead atoms. The van der Waals surface area contributed by atoms with Gasteiger partial charge in [-0.25, -0.2) is 4.79 Å². The number of para-hydroxylation sites is 2. The maximum absolute atomic E-state index is 12.0. The molecule has 2 unspecified atom stereocenters. The van der Waals surface area contributed by atoms with Gasteiger partial charge in [0.15, 0.2) is 0 Å². The molecular formula is C17H26N2O4. The quantitative estimate of drug-likeness (QED) is 0.810. The number of anilines is 1. The Bertz CT molecular complexity index is 489. The SMILES string of the molecule is COCC(C)NC(=O)Nc1ccccc1OCC1CCCCO1. The Morgan fingerprint density at radius 3 is 2.96 bits per heavy atom. The summed E-state index contributed by atoms with van der Waals surface area (Å²) < 4.78 is 16.5. The number of hydrogen-bond donors (Lipinski definition) is 2. The van der Waals surface area contributed by atoms with Gasteiger partial charge in [0.2, 0.25) is 0 Å². The van der Waals surface area contributed by atoms with Crippen molar-refractivity contribution in [1.29, 1.82) is 0 Å². The molecule has 2 rings (SSSR count). The number of ether oxygens (including phenoxy) is 3. The number of methoxy groups -OCH3 is 1. The normalized spacial score (nSPS) is 19.0. The number of hydrogen-bond acceptors (Lipinski definition) is 4. The first-order valence-corrected chi connectivity index (χ1v) is 8.09. The second-order valence-electron chi connectivity index (χ2n) is 5.75. The molecule has 2 atom stereocenters. The highest BCUT2D eigenvalue weighted by atomic mass is 16.5. The molecule has 1 aromatic carbocycles. The molecule has 1 aliphatic rings. The molecule has 23 heavy (non-hydrogen) atoms. The Hall–Kier alpha value is -1.79. The van der Waals surface area contributed by atoms with E-state index in [1.807, 2.05) is 31.2 Å². The van der Waals surface area contributed by atoms with Crippen LogP contribution < -0.4 is 15.4 Å². The Morgan fingerprint density at radius 2 is 2.22 bits per heavy atom.